The summed E-state index contributed by atoms with van der Waals surface area (Å²) in [5.41, 5.74) is 2.58. The van der Waals surface area contributed by atoms with Gasteiger partial charge in [-0.15, -0.1) is 0 Å². The number of aromatic carboxylic acids is 1. The van der Waals surface area contributed by atoms with E-state index in [-0.39, 0.29) is 11.5 Å². The Kier molecular flexibility index (Phi) is 4.47. The number of nitrogens with one attached hydrogen (secondary N) is 1. The molecule has 7 heteroatoms. The van der Waals surface area contributed by atoms with Gasteiger partial charge in [0.1, 0.15) is 5.82 Å². The fourth-order valence-electron chi connectivity index (χ4n) is 2.87. The van der Waals surface area contributed by atoms with Crippen LogP contribution in [0.5, 0.6) is 0 Å². The number of pyridine rings is 1. The molecule has 0 fully saturated rings. The Hall–Kier alpha value is -3.22. The molecule has 2 aromatic heterocycles. The van der Waals surface area contributed by atoms with Crippen molar-refractivity contribution >= 4 is 28.6 Å². The van der Waals surface area contributed by atoms with E-state index in [2.05, 4.69) is 15.3 Å². The number of imidazole rings is 1. The summed E-state index contributed by atoms with van der Waals surface area (Å²) in [5.74, 6) is -0.547. The number of carboxylic acid groups (broad SMARTS) is 1. The van der Waals surface area contributed by atoms with E-state index in [1.807, 2.05) is 23.6 Å². The number of amides is 1. The third kappa shape index (κ3) is 3.35. The van der Waals surface area contributed by atoms with Crippen LogP contribution in [0.25, 0.3) is 11.0 Å². The second-order valence-corrected chi connectivity index (χ2v) is 5.71. The zero-order valence-corrected chi connectivity index (χ0v) is 14.0. The predicted molar refractivity (Wildman–Crippen MR) is 93.7 cm³/mol. The van der Waals surface area contributed by atoms with Crippen LogP contribution in [0, 0.1) is 0 Å². The molecule has 1 aromatic carbocycles. The maximum absolute atomic E-state index is 11.8. The van der Waals surface area contributed by atoms with Crippen molar-refractivity contribution in [3.63, 3.8) is 0 Å². The van der Waals surface area contributed by atoms with Crippen LogP contribution >= 0.6 is 0 Å². The quantitative estimate of drug-likeness (QED) is 0.745. The van der Waals surface area contributed by atoms with E-state index < -0.39 is 5.97 Å². The number of carbonyl (C=O) groups excluding carboxylic acids is 1. The molecule has 0 bridgehead atoms. The lowest BCUT2D eigenvalue weighted by atomic mass is 10.1. The number of aromatic nitrogens is 3. The van der Waals surface area contributed by atoms with E-state index in [1.165, 1.54) is 13.0 Å². The van der Waals surface area contributed by atoms with E-state index in [0.717, 1.165) is 11.4 Å². The minimum Gasteiger partial charge on any atom is -0.478 e. The van der Waals surface area contributed by atoms with Gasteiger partial charge in [0.2, 0.25) is 5.91 Å². The monoisotopic (exact) mass is 338 g/mol. The first-order valence-corrected chi connectivity index (χ1v) is 7.92. The van der Waals surface area contributed by atoms with E-state index in [4.69, 9.17) is 0 Å². The van der Waals surface area contributed by atoms with Gasteiger partial charge < -0.3 is 15.0 Å². The molecular formula is C18H18N4O3. The van der Waals surface area contributed by atoms with Crippen molar-refractivity contribution in [3.8, 4) is 0 Å². The van der Waals surface area contributed by atoms with Gasteiger partial charge in [0.25, 0.3) is 0 Å². The third-order valence-electron chi connectivity index (χ3n) is 3.85. The van der Waals surface area contributed by atoms with Crippen molar-refractivity contribution in [1.82, 2.24) is 14.5 Å². The first kappa shape index (κ1) is 16.6. The number of carbonyl (C=O) groups is 2. The first-order valence-electron chi connectivity index (χ1n) is 7.92. The standard InChI is InChI=1S/C18H18N4O3/c1-3-16-21-15-8-13(20-11(2)23)7-14(18(24)25)17(15)22(16)10-12-5-4-6-19-9-12/h4-9H,3,10H2,1-2H3,(H,20,23)(H,24,25). The Morgan fingerprint density at radius 3 is 2.72 bits per heavy atom. The molecule has 1 amide bonds. The van der Waals surface area contributed by atoms with E-state index in [0.29, 0.717) is 29.7 Å². The van der Waals surface area contributed by atoms with E-state index >= 15 is 0 Å². The number of anilines is 1. The minimum absolute atomic E-state index is 0.109. The number of nitrogens with zero attached hydrogens (tertiary/aromatic N) is 3. The Bertz CT molecular complexity index is 948. The molecular weight excluding hydrogens is 320 g/mol. The zero-order valence-electron chi connectivity index (χ0n) is 14.0. The van der Waals surface area contributed by atoms with Crippen molar-refractivity contribution in [2.75, 3.05) is 5.32 Å². The Morgan fingerprint density at radius 2 is 2.12 bits per heavy atom. The lowest BCUT2D eigenvalue weighted by molar-refractivity contribution is -0.114. The Morgan fingerprint density at radius 1 is 1.32 bits per heavy atom. The summed E-state index contributed by atoms with van der Waals surface area (Å²) in [5, 5.41) is 12.3. The average molecular weight is 338 g/mol. The molecule has 2 N–H and O–H groups in total. The van der Waals surface area contributed by atoms with Gasteiger partial charge in [-0.05, 0) is 23.8 Å². The van der Waals surface area contributed by atoms with Crippen molar-refractivity contribution in [2.45, 2.75) is 26.8 Å². The van der Waals surface area contributed by atoms with Crippen molar-refractivity contribution in [2.24, 2.45) is 0 Å². The summed E-state index contributed by atoms with van der Waals surface area (Å²) in [6.45, 7) is 3.83. The van der Waals surface area contributed by atoms with Crippen molar-refractivity contribution < 1.29 is 14.7 Å². The number of hydrogen-bond donors (Lipinski definition) is 2. The molecule has 2 heterocycles. The highest BCUT2D eigenvalue weighted by Crippen LogP contribution is 2.26. The van der Waals surface area contributed by atoms with Crippen LogP contribution in [-0.2, 0) is 17.8 Å². The van der Waals surface area contributed by atoms with Crippen LogP contribution in [0.2, 0.25) is 0 Å². The predicted octanol–water partition coefficient (Wildman–Crippen LogP) is 2.70. The van der Waals surface area contributed by atoms with Gasteiger partial charge in [0, 0.05) is 31.4 Å². The molecule has 3 aromatic rings. The van der Waals surface area contributed by atoms with Crippen LogP contribution in [0.3, 0.4) is 0 Å². The van der Waals surface area contributed by atoms with Gasteiger partial charge >= 0.3 is 5.97 Å². The summed E-state index contributed by atoms with van der Waals surface area (Å²) in [6.07, 6.45) is 4.10. The molecule has 0 saturated heterocycles. The highest BCUT2D eigenvalue weighted by molar-refractivity contribution is 6.04. The lowest BCUT2D eigenvalue weighted by Crippen LogP contribution is -2.10. The summed E-state index contributed by atoms with van der Waals surface area (Å²) >= 11 is 0. The molecule has 128 valence electrons. The van der Waals surface area contributed by atoms with E-state index in [9.17, 15) is 14.7 Å². The summed E-state index contributed by atoms with van der Waals surface area (Å²) in [7, 11) is 0. The number of fused-ring (bicyclic) bond motifs is 1. The Balaban J connectivity index is 2.21. The van der Waals surface area contributed by atoms with Gasteiger partial charge in [0.05, 0.1) is 23.1 Å². The highest BCUT2D eigenvalue weighted by Gasteiger charge is 2.19. The number of rotatable bonds is 5. The van der Waals surface area contributed by atoms with Gasteiger partial charge in [0.15, 0.2) is 0 Å². The zero-order chi connectivity index (χ0) is 18.0. The number of aryl methyl sites for hydroxylation is 1. The largest absolute Gasteiger partial charge is 0.478 e. The van der Waals surface area contributed by atoms with Crippen LogP contribution < -0.4 is 5.32 Å². The van der Waals surface area contributed by atoms with E-state index in [1.54, 1.807) is 18.5 Å². The summed E-state index contributed by atoms with van der Waals surface area (Å²) in [6, 6.07) is 6.94. The smallest absolute Gasteiger partial charge is 0.337 e. The Labute approximate surface area is 144 Å². The summed E-state index contributed by atoms with van der Waals surface area (Å²) in [4.78, 5) is 31.8. The van der Waals surface area contributed by atoms with Gasteiger partial charge in [-0.25, -0.2) is 9.78 Å². The molecule has 0 unspecified atom stereocenters. The van der Waals surface area contributed by atoms with Gasteiger partial charge in [-0.3, -0.25) is 9.78 Å². The fraction of sp³-hybridized carbons (Fsp3) is 0.222. The first-order chi connectivity index (χ1) is 12.0. The molecule has 0 atom stereocenters. The maximum Gasteiger partial charge on any atom is 0.337 e. The average Bonchev–Trinajstić information content (AvgIpc) is 2.92. The number of hydrogen-bond acceptors (Lipinski definition) is 4. The molecule has 0 aliphatic carbocycles. The third-order valence-corrected chi connectivity index (χ3v) is 3.85. The molecule has 0 saturated carbocycles. The summed E-state index contributed by atoms with van der Waals surface area (Å²) < 4.78 is 1.90. The van der Waals surface area contributed by atoms with Crippen LogP contribution in [0.15, 0.2) is 36.7 Å². The maximum atomic E-state index is 11.8. The number of benzene rings is 1. The molecule has 3 rings (SSSR count). The van der Waals surface area contributed by atoms with Gasteiger partial charge in [-0.2, -0.15) is 0 Å². The molecule has 0 aliphatic rings. The SMILES string of the molecule is CCc1nc2cc(NC(C)=O)cc(C(=O)O)c2n1Cc1cccnc1. The second kappa shape index (κ2) is 6.72. The molecule has 25 heavy (non-hydrogen) atoms. The fourth-order valence-corrected chi connectivity index (χ4v) is 2.87. The van der Waals surface area contributed by atoms with Crippen LogP contribution in [0.1, 0.15) is 35.6 Å². The van der Waals surface area contributed by atoms with Crippen molar-refractivity contribution in [3.05, 3.63) is 53.6 Å². The number of carboxylic acids is 1. The van der Waals surface area contributed by atoms with Crippen LogP contribution in [0.4, 0.5) is 5.69 Å². The lowest BCUT2D eigenvalue weighted by Gasteiger charge is -2.11. The second-order valence-electron chi connectivity index (χ2n) is 5.71. The molecule has 0 spiro atoms. The van der Waals surface area contributed by atoms with Crippen molar-refractivity contribution in [1.29, 1.82) is 0 Å². The highest BCUT2D eigenvalue weighted by atomic mass is 16.4. The molecule has 0 radical (unpaired) electrons. The normalized spacial score (nSPS) is 10.8. The molecule has 0 aliphatic heterocycles. The minimum atomic E-state index is -1.06. The topological polar surface area (TPSA) is 97.1 Å². The van der Waals surface area contributed by atoms with Crippen LogP contribution in [-0.4, -0.2) is 31.5 Å². The molecule has 7 nitrogen and oxygen atoms in total. The van der Waals surface area contributed by atoms with Gasteiger partial charge in [-0.1, -0.05) is 13.0 Å².